The summed E-state index contributed by atoms with van der Waals surface area (Å²) in [5, 5.41) is 12.2. The minimum atomic E-state index is -0.680. The molecule has 0 radical (unpaired) electrons. The minimum absolute atomic E-state index is 0.0549. The normalized spacial score (nSPS) is 12.2. The van der Waals surface area contributed by atoms with Crippen LogP contribution in [-0.2, 0) is 4.79 Å². The summed E-state index contributed by atoms with van der Waals surface area (Å²) < 4.78 is 0. The first-order valence-electron chi connectivity index (χ1n) is 4.85. The molecule has 0 aliphatic carbocycles. The summed E-state index contributed by atoms with van der Waals surface area (Å²) in [4.78, 5) is 10.9. The Balaban J connectivity index is 2.50. The van der Waals surface area contributed by atoms with Crippen molar-refractivity contribution in [1.29, 1.82) is 0 Å². The molecule has 15 heavy (non-hydrogen) atoms. The van der Waals surface area contributed by atoms with Crippen LogP contribution in [0.1, 0.15) is 17.2 Å². The lowest BCUT2D eigenvalue weighted by Crippen LogP contribution is -2.33. The number of nitrogens with two attached hydrogens (primary N) is 1. The molecule has 1 unspecified atom stereocenters. The van der Waals surface area contributed by atoms with Crippen LogP contribution in [-0.4, -0.2) is 24.1 Å². The van der Waals surface area contributed by atoms with E-state index in [1.807, 2.05) is 31.2 Å². The van der Waals surface area contributed by atoms with Crippen molar-refractivity contribution in [2.45, 2.75) is 13.0 Å². The summed E-state index contributed by atoms with van der Waals surface area (Å²) in [7, 11) is 0. The standard InChI is InChI=1S/C11H16N2O2/c1-8-2-4-9(5-3-8)10(14)7-13-11(15)6-12/h2-5,10,14H,6-7,12H2,1H3,(H,13,15). The Morgan fingerprint density at radius 2 is 2.07 bits per heavy atom. The maximum Gasteiger partial charge on any atom is 0.233 e. The Kier molecular flexibility index (Phi) is 4.27. The van der Waals surface area contributed by atoms with Crippen molar-refractivity contribution in [3.8, 4) is 0 Å². The Labute approximate surface area is 89.1 Å². The van der Waals surface area contributed by atoms with E-state index < -0.39 is 6.10 Å². The van der Waals surface area contributed by atoms with E-state index in [9.17, 15) is 9.90 Å². The van der Waals surface area contributed by atoms with Gasteiger partial charge in [-0.25, -0.2) is 0 Å². The second-order valence-electron chi connectivity index (χ2n) is 3.43. The fourth-order valence-electron chi connectivity index (χ4n) is 1.19. The lowest BCUT2D eigenvalue weighted by Gasteiger charge is -2.11. The molecular weight excluding hydrogens is 192 g/mol. The minimum Gasteiger partial charge on any atom is -0.387 e. The maximum absolute atomic E-state index is 10.9. The summed E-state index contributed by atoms with van der Waals surface area (Å²) in [6.45, 7) is 2.12. The largest absolute Gasteiger partial charge is 0.387 e. The predicted octanol–water partition coefficient (Wildman–Crippen LogP) is 0.103. The number of aliphatic hydroxyl groups excluding tert-OH is 1. The Morgan fingerprint density at radius 1 is 1.47 bits per heavy atom. The molecule has 0 aromatic heterocycles. The van der Waals surface area contributed by atoms with Crippen LogP contribution < -0.4 is 11.1 Å². The number of hydrogen-bond donors (Lipinski definition) is 3. The lowest BCUT2D eigenvalue weighted by molar-refractivity contribution is -0.120. The van der Waals surface area contributed by atoms with Gasteiger partial charge in [0.1, 0.15) is 0 Å². The average molecular weight is 208 g/mol. The lowest BCUT2D eigenvalue weighted by atomic mass is 10.1. The Morgan fingerprint density at radius 3 is 2.60 bits per heavy atom. The summed E-state index contributed by atoms with van der Waals surface area (Å²) in [5.74, 6) is -0.263. The molecule has 0 aliphatic rings. The molecular formula is C11H16N2O2. The molecule has 0 saturated carbocycles. The second kappa shape index (κ2) is 5.48. The van der Waals surface area contributed by atoms with Gasteiger partial charge in [-0.1, -0.05) is 29.8 Å². The second-order valence-corrected chi connectivity index (χ2v) is 3.43. The molecule has 1 aromatic rings. The number of aliphatic hydroxyl groups is 1. The van der Waals surface area contributed by atoms with Crippen LogP contribution in [0.4, 0.5) is 0 Å². The van der Waals surface area contributed by atoms with Crippen molar-refractivity contribution in [3.05, 3.63) is 35.4 Å². The molecule has 0 fully saturated rings. The topological polar surface area (TPSA) is 75.3 Å². The summed E-state index contributed by atoms with van der Waals surface area (Å²) >= 11 is 0. The summed E-state index contributed by atoms with van der Waals surface area (Å²) in [6, 6.07) is 7.52. The highest BCUT2D eigenvalue weighted by atomic mass is 16.3. The molecule has 1 rings (SSSR count). The van der Waals surface area contributed by atoms with Crippen molar-refractivity contribution in [2.75, 3.05) is 13.1 Å². The van der Waals surface area contributed by atoms with Gasteiger partial charge < -0.3 is 16.2 Å². The number of amides is 1. The molecule has 1 atom stereocenters. The highest BCUT2D eigenvalue weighted by Crippen LogP contribution is 2.12. The van der Waals surface area contributed by atoms with Crippen molar-refractivity contribution in [3.63, 3.8) is 0 Å². The first kappa shape index (κ1) is 11.7. The van der Waals surface area contributed by atoms with Gasteiger partial charge in [-0.3, -0.25) is 4.79 Å². The molecule has 1 amide bonds. The highest BCUT2D eigenvalue weighted by Gasteiger charge is 2.07. The van der Waals surface area contributed by atoms with Crippen LogP contribution in [0.2, 0.25) is 0 Å². The number of aryl methyl sites for hydroxylation is 1. The average Bonchev–Trinajstić information content (AvgIpc) is 2.26. The molecule has 0 saturated heterocycles. The predicted molar refractivity (Wildman–Crippen MR) is 58.2 cm³/mol. The molecule has 0 heterocycles. The number of nitrogens with one attached hydrogen (secondary N) is 1. The zero-order chi connectivity index (χ0) is 11.3. The van der Waals surface area contributed by atoms with Gasteiger partial charge in [0.2, 0.25) is 5.91 Å². The molecule has 4 N–H and O–H groups in total. The maximum atomic E-state index is 10.9. The first-order chi connectivity index (χ1) is 7.13. The van der Waals surface area contributed by atoms with E-state index in [0.29, 0.717) is 0 Å². The van der Waals surface area contributed by atoms with Gasteiger partial charge in [-0.05, 0) is 12.5 Å². The van der Waals surface area contributed by atoms with Crippen molar-refractivity contribution >= 4 is 5.91 Å². The van der Waals surface area contributed by atoms with Crippen LogP contribution in [0.15, 0.2) is 24.3 Å². The van der Waals surface area contributed by atoms with Crippen LogP contribution in [0, 0.1) is 6.92 Å². The van der Waals surface area contributed by atoms with E-state index in [1.165, 1.54) is 0 Å². The zero-order valence-electron chi connectivity index (χ0n) is 8.73. The molecule has 0 bridgehead atoms. The molecule has 0 spiro atoms. The van der Waals surface area contributed by atoms with Crippen LogP contribution in [0.3, 0.4) is 0 Å². The Bertz CT molecular complexity index is 322. The third-order valence-electron chi connectivity index (χ3n) is 2.14. The number of hydrogen-bond acceptors (Lipinski definition) is 3. The summed E-state index contributed by atoms with van der Waals surface area (Å²) in [5.41, 5.74) is 7.05. The third-order valence-corrected chi connectivity index (χ3v) is 2.14. The zero-order valence-corrected chi connectivity index (χ0v) is 8.73. The first-order valence-corrected chi connectivity index (χ1v) is 4.85. The molecule has 1 aromatic carbocycles. The highest BCUT2D eigenvalue weighted by molar-refractivity contribution is 5.77. The number of carbonyl (C=O) groups is 1. The van der Waals surface area contributed by atoms with Crippen LogP contribution >= 0.6 is 0 Å². The van der Waals surface area contributed by atoms with E-state index in [2.05, 4.69) is 5.32 Å². The van der Waals surface area contributed by atoms with Crippen LogP contribution in [0.25, 0.3) is 0 Å². The molecule has 82 valence electrons. The molecule has 4 heteroatoms. The van der Waals surface area contributed by atoms with Gasteiger partial charge in [0.05, 0.1) is 12.6 Å². The van der Waals surface area contributed by atoms with Crippen molar-refractivity contribution in [2.24, 2.45) is 5.73 Å². The van der Waals surface area contributed by atoms with E-state index >= 15 is 0 Å². The van der Waals surface area contributed by atoms with E-state index in [1.54, 1.807) is 0 Å². The molecule has 4 nitrogen and oxygen atoms in total. The smallest absolute Gasteiger partial charge is 0.233 e. The van der Waals surface area contributed by atoms with Crippen molar-refractivity contribution in [1.82, 2.24) is 5.32 Å². The molecule has 0 aliphatic heterocycles. The van der Waals surface area contributed by atoms with Crippen molar-refractivity contribution < 1.29 is 9.90 Å². The third kappa shape index (κ3) is 3.69. The van der Waals surface area contributed by atoms with E-state index in [0.717, 1.165) is 11.1 Å². The summed E-state index contributed by atoms with van der Waals surface area (Å²) in [6.07, 6.45) is -0.680. The van der Waals surface area contributed by atoms with Gasteiger partial charge in [0.15, 0.2) is 0 Å². The quantitative estimate of drug-likeness (QED) is 0.657. The fraction of sp³-hybridized carbons (Fsp3) is 0.364. The van der Waals surface area contributed by atoms with Gasteiger partial charge in [-0.15, -0.1) is 0 Å². The van der Waals surface area contributed by atoms with Gasteiger partial charge in [0.25, 0.3) is 0 Å². The van der Waals surface area contributed by atoms with E-state index in [-0.39, 0.29) is 19.0 Å². The fourth-order valence-corrected chi connectivity index (χ4v) is 1.19. The number of carbonyl (C=O) groups excluding carboxylic acids is 1. The number of benzene rings is 1. The van der Waals surface area contributed by atoms with E-state index in [4.69, 9.17) is 5.73 Å². The van der Waals surface area contributed by atoms with Gasteiger partial charge in [-0.2, -0.15) is 0 Å². The number of rotatable bonds is 4. The van der Waals surface area contributed by atoms with Gasteiger partial charge in [0, 0.05) is 6.54 Å². The van der Waals surface area contributed by atoms with Crippen LogP contribution in [0.5, 0.6) is 0 Å². The van der Waals surface area contributed by atoms with Gasteiger partial charge >= 0.3 is 0 Å². The SMILES string of the molecule is Cc1ccc(C(O)CNC(=O)CN)cc1. The monoisotopic (exact) mass is 208 g/mol. The Hall–Kier alpha value is -1.39.